The average Bonchev–Trinajstić information content (AvgIpc) is 1.44. The van der Waals surface area contributed by atoms with Crippen LogP contribution in [0.5, 0.6) is 28.7 Å². The first kappa shape index (κ1) is 100. The maximum absolute atomic E-state index is 12.9. The van der Waals surface area contributed by atoms with Gasteiger partial charge in [-0.25, -0.2) is 23.4 Å². The van der Waals surface area contributed by atoms with E-state index in [4.69, 9.17) is 44.6 Å². The minimum absolute atomic E-state index is 0. The monoisotopic (exact) mass is 1980 g/mol. The molecule has 0 aliphatic rings. The zero-order valence-corrected chi connectivity index (χ0v) is 79.9. The number of ether oxygens (including phenoxy) is 7. The maximum Gasteiger partial charge on any atom is 0.306 e. The van der Waals surface area contributed by atoms with Crippen LogP contribution in [0.25, 0.3) is 33.4 Å². The zero-order valence-electron chi connectivity index (χ0n) is 67.0. The number of aryl methyl sites for hydroxylation is 1. The Balaban J connectivity index is 0.000000257. The fraction of sp³-hybridized carbons (Fsp3) is 0.330. The Morgan fingerprint density at radius 2 is 0.845 bits per heavy atom. The number of carbonyl (C=O) groups is 2. The van der Waals surface area contributed by atoms with Crippen molar-refractivity contribution < 1.29 is 51.2 Å². The summed E-state index contributed by atoms with van der Waals surface area (Å²) in [5.41, 5.74) is 17.4. The van der Waals surface area contributed by atoms with Gasteiger partial charge in [-0.1, -0.05) is 224 Å². The average molecular weight is 1990 g/mol. The molecule has 4 N–H and O–H groups in total. The van der Waals surface area contributed by atoms with Gasteiger partial charge in [0.15, 0.2) is 0 Å². The number of halogens is 5. The number of carbonyl (C=O) groups excluding carboxylic acids is 2. The molecule has 11 aromatic rings. The van der Waals surface area contributed by atoms with Crippen LogP contribution in [-0.2, 0) is 48.4 Å². The van der Waals surface area contributed by atoms with Crippen molar-refractivity contribution in [1.29, 1.82) is 0 Å². The molecule has 8 aromatic carbocycles. The van der Waals surface area contributed by atoms with Gasteiger partial charge < -0.3 is 44.6 Å². The summed E-state index contributed by atoms with van der Waals surface area (Å²) in [6, 6.07) is 59.2. The number of nitrogens with zero attached hydrogens (tertiary/aromatic N) is 3. The van der Waals surface area contributed by atoms with E-state index in [1.807, 2.05) is 140 Å². The molecule has 0 aliphatic heterocycles. The summed E-state index contributed by atoms with van der Waals surface area (Å²) >= 11 is 22.9. The van der Waals surface area contributed by atoms with Crippen LogP contribution in [-0.4, -0.2) is 95.6 Å². The molecule has 116 heavy (non-hydrogen) atoms. The molecular formula is C88H104Br4ClN5O11S7. The fourth-order valence-electron chi connectivity index (χ4n) is 10.6. The van der Waals surface area contributed by atoms with Gasteiger partial charge in [0.1, 0.15) is 43.0 Å². The summed E-state index contributed by atoms with van der Waals surface area (Å²) in [6.07, 6.45) is 16.2. The number of sulfone groups is 1. The first-order valence-corrected chi connectivity index (χ1v) is 47.5. The number of rotatable bonds is 35. The number of esters is 2. The largest absolute Gasteiger partial charge is 0.497 e. The van der Waals surface area contributed by atoms with Crippen molar-refractivity contribution in [3.63, 3.8) is 0 Å². The van der Waals surface area contributed by atoms with Gasteiger partial charge in [-0.15, -0.1) is 69.9 Å². The second-order valence-corrected chi connectivity index (χ2v) is 38.8. The Bertz CT molecular complexity index is 4760. The minimum Gasteiger partial charge on any atom is -0.497 e. The Morgan fingerprint density at radius 3 is 1.25 bits per heavy atom. The molecule has 0 saturated heterocycles. The highest BCUT2D eigenvalue weighted by molar-refractivity contribution is 9.11. The molecule has 0 radical (unpaired) electrons. The maximum atomic E-state index is 12.9. The highest BCUT2D eigenvalue weighted by Crippen LogP contribution is 2.39. The molecule has 28 heteroatoms. The summed E-state index contributed by atoms with van der Waals surface area (Å²) in [7, 11) is 4.51. The van der Waals surface area contributed by atoms with Gasteiger partial charge in [0, 0.05) is 52.7 Å². The molecule has 0 aliphatic carbocycles. The smallest absolute Gasteiger partial charge is 0.306 e. The second-order valence-electron chi connectivity index (χ2n) is 25.4. The van der Waals surface area contributed by atoms with Crippen LogP contribution in [0.1, 0.15) is 114 Å². The third kappa shape index (κ3) is 36.7. The first-order valence-electron chi connectivity index (χ1n) is 37.6. The molecule has 11 rings (SSSR count). The molecule has 16 nitrogen and oxygen atoms in total. The van der Waals surface area contributed by atoms with E-state index in [-0.39, 0.29) is 40.0 Å². The van der Waals surface area contributed by atoms with E-state index in [0.29, 0.717) is 66.7 Å². The van der Waals surface area contributed by atoms with Crippen LogP contribution in [0.2, 0.25) is 0 Å². The van der Waals surface area contributed by atoms with E-state index >= 15 is 0 Å². The van der Waals surface area contributed by atoms with Crippen molar-refractivity contribution in [3.8, 4) is 62.1 Å². The quantitative estimate of drug-likeness (QED) is 0.0278. The van der Waals surface area contributed by atoms with Crippen molar-refractivity contribution >= 4 is 167 Å². The van der Waals surface area contributed by atoms with Crippen LogP contribution in [0.15, 0.2) is 246 Å². The summed E-state index contributed by atoms with van der Waals surface area (Å²) in [5.74, 6) is 6.02. The lowest BCUT2D eigenvalue weighted by Crippen LogP contribution is -2.14. The van der Waals surface area contributed by atoms with Gasteiger partial charge >= 0.3 is 11.9 Å². The third-order valence-electron chi connectivity index (χ3n) is 17.1. The Hall–Kier alpha value is -6.28. The molecule has 0 bridgehead atoms. The predicted molar refractivity (Wildman–Crippen MR) is 500 cm³/mol. The van der Waals surface area contributed by atoms with Crippen molar-refractivity contribution in [1.82, 2.24) is 15.0 Å². The van der Waals surface area contributed by atoms with E-state index in [0.717, 1.165) is 135 Å². The number of methoxy groups -OCH3 is 5. The number of thioether (sulfide) groups is 2. The lowest BCUT2D eigenvalue weighted by Gasteiger charge is -2.14. The number of aromatic nitrogens is 3. The molecule has 624 valence electrons. The fourth-order valence-corrected chi connectivity index (χ4v) is 20.1. The Morgan fingerprint density at radius 1 is 0.448 bits per heavy atom. The molecule has 3 heterocycles. The topological polar surface area (TPSA) is 224 Å². The van der Waals surface area contributed by atoms with E-state index in [1.165, 1.54) is 55.6 Å². The molecule has 0 saturated carbocycles. The van der Waals surface area contributed by atoms with Gasteiger partial charge in [-0.2, -0.15) is 0 Å². The second kappa shape index (κ2) is 56.3. The van der Waals surface area contributed by atoms with E-state index in [1.54, 1.807) is 92.5 Å². The number of thiazole rings is 3. The lowest BCUT2D eigenvalue weighted by molar-refractivity contribution is -0.145. The van der Waals surface area contributed by atoms with Crippen molar-refractivity contribution in [2.45, 2.75) is 146 Å². The van der Waals surface area contributed by atoms with Gasteiger partial charge in [0.05, 0.1) is 98.1 Å². The first-order chi connectivity index (χ1) is 55.6. The molecule has 0 spiro atoms. The van der Waals surface area contributed by atoms with Crippen LogP contribution < -0.4 is 35.2 Å². The number of hydrogen-bond acceptors (Lipinski definition) is 22. The summed E-state index contributed by atoms with van der Waals surface area (Å²) in [4.78, 5) is 39.8. The highest BCUT2D eigenvalue weighted by atomic mass is 79.9. The molecule has 3 aromatic heterocycles. The molecule has 2 atom stereocenters. The molecule has 0 fully saturated rings. The van der Waals surface area contributed by atoms with Gasteiger partial charge in [0.2, 0.25) is 9.84 Å². The number of benzene rings is 8. The molecular weight excluding hydrogens is 1880 g/mol. The Kier molecular flexibility index (Phi) is 48.7. The van der Waals surface area contributed by atoms with E-state index in [9.17, 15) is 18.0 Å². The SMILES string of the molecule is CCCCC(CC)COC(=O)CCSc1cc(Br)cc(OC)c1.CCCCC(CC)COC(=O)CCSc1cc(OC)cc(-c2ccccc2)c1.CCc1ncc(Br)s1.COc1cc(-c2ccccc2)cc(S(=O)(=O)c2cnc(CN)s2)c1.COc1cc(Br)cc(Br)c1.COc1cc(Sc2cnc(CN)s2)cc(-c2ccccc2)c1.Cl. The van der Waals surface area contributed by atoms with Crippen LogP contribution in [0.4, 0.5) is 0 Å². The third-order valence-corrected chi connectivity index (χ3v) is 27.3. The van der Waals surface area contributed by atoms with Gasteiger partial charge in [-0.3, -0.25) is 9.59 Å². The summed E-state index contributed by atoms with van der Waals surface area (Å²) in [5, 5.41) is 2.73. The lowest BCUT2D eigenvalue weighted by atomic mass is 10.0. The number of unbranched alkanes of at least 4 members (excludes halogenated alkanes) is 2. The highest BCUT2D eigenvalue weighted by Gasteiger charge is 2.23. The standard InChI is InChI=1S/C24H32O3S.C18H27BrO3S.C17H16N2O3S2.C17H16N2OS2.C7H6Br2O.C5H6BrNS.ClH/c1-4-6-10-19(5-2)18-27-24(25)13-14-28-23-16-21(15-22(17-23)26-3)20-11-8-7-9-12-20;1-4-6-7-14(5-2)13-22-18(20)8-9-23-17-11-15(19)10-16(12-17)21-3;1-22-14-7-13(12-5-3-2-4-6-12)8-15(9-14)24(20,21)17-11-19-16(10-18)23-17;1-20-14-7-13(12-5-3-2-4-6-12)8-15(9-14)21-17-11-19-16(10-18)22-17;1-10-7-3-5(8)2-6(9)4-7;1-2-5-7-3-4(6)8-5;/h7-9,11-12,15-17,19H,4-6,10,13-14,18H2,1-3H3;10-12,14H,4-9,13H2,1-3H3;2-9,11H,10,18H2,1H3;2-9,11H,10,18H2,1H3;2-4H,1H3;3H,2H2,1H3;1H. The van der Waals surface area contributed by atoms with Crippen molar-refractivity contribution in [2.75, 3.05) is 60.3 Å². The van der Waals surface area contributed by atoms with Gasteiger partial charge in [-0.05, 0) is 171 Å². The van der Waals surface area contributed by atoms with E-state index < -0.39 is 9.84 Å². The molecule has 2 unspecified atom stereocenters. The summed E-state index contributed by atoms with van der Waals surface area (Å²) in [6.45, 7) is 12.6. The van der Waals surface area contributed by atoms with Crippen molar-refractivity contribution in [3.05, 3.63) is 233 Å². The van der Waals surface area contributed by atoms with E-state index in [2.05, 4.69) is 156 Å². The van der Waals surface area contributed by atoms with Crippen LogP contribution in [0, 0.1) is 11.8 Å². The number of hydrogen-bond donors (Lipinski definition) is 2. The van der Waals surface area contributed by atoms with Crippen LogP contribution >= 0.6 is 145 Å². The van der Waals surface area contributed by atoms with Gasteiger partial charge in [0.25, 0.3) is 0 Å². The minimum atomic E-state index is -3.67. The normalized spacial score (nSPS) is 11.1. The predicted octanol–water partition coefficient (Wildman–Crippen LogP) is 26.0. The Labute approximate surface area is 750 Å². The zero-order chi connectivity index (χ0) is 83.3. The summed E-state index contributed by atoms with van der Waals surface area (Å²) < 4.78 is 68.5. The van der Waals surface area contributed by atoms with Crippen molar-refractivity contribution in [2.24, 2.45) is 23.3 Å². The molecule has 0 amide bonds. The number of nitrogens with two attached hydrogens (primary N) is 2. The van der Waals surface area contributed by atoms with Crippen LogP contribution in [0.3, 0.4) is 0 Å².